The van der Waals surface area contributed by atoms with E-state index in [9.17, 15) is 0 Å². The zero-order chi connectivity index (χ0) is 15.4. The van der Waals surface area contributed by atoms with Gasteiger partial charge in [0, 0.05) is 16.5 Å². The smallest absolute Gasteiger partial charge is 0.127 e. The molecule has 5 heteroatoms. The second-order valence-electron chi connectivity index (χ2n) is 4.79. The standard InChI is InChI=1S/C16H22N2O2S/c1-6-17-15(16-18-10(2)11(3)21-16)13-8-7-12(19-4)9-14(13)20-5/h7-9,15,17H,6H2,1-5H3. The van der Waals surface area contributed by atoms with Gasteiger partial charge in [0.1, 0.15) is 16.5 Å². The maximum Gasteiger partial charge on any atom is 0.127 e. The molecule has 0 saturated carbocycles. The number of aryl methyl sites for hydroxylation is 2. The molecule has 21 heavy (non-hydrogen) atoms. The van der Waals surface area contributed by atoms with E-state index in [0.29, 0.717) is 0 Å². The highest BCUT2D eigenvalue weighted by atomic mass is 32.1. The fraction of sp³-hybridized carbons (Fsp3) is 0.438. The van der Waals surface area contributed by atoms with Crippen molar-refractivity contribution in [3.05, 3.63) is 39.3 Å². The average Bonchev–Trinajstić information content (AvgIpc) is 2.83. The maximum atomic E-state index is 5.53. The van der Waals surface area contributed by atoms with Crippen molar-refractivity contribution in [2.75, 3.05) is 20.8 Å². The SMILES string of the molecule is CCNC(c1nc(C)c(C)s1)c1ccc(OC)cc1OC. The Labute approximate surface area is 130 Å². The van der Waals surface area contributed by atoms with Gasteiger partial charge in [0.05, 0.1) is 26.0 Å². The Morgan fingerprint density at radius 3 is 2.52 bits per heavy atom. The number of hydrogen-bond acceptors (Lipinski definition) is 5. The molecule has 0 fully saturated rings. The molecule has 1 aromatic carbocycles. The predicted molar refractivity (Wildman–Crippen MR) is 86.7 cm³/mol. The molecule has 0 saturated heterocycles. The van der Waals surface area contributed by atoms with Gasteiger partial charge in [0.15, 0.2) is 0 Å². The van der Waals surface area contributed by atoms with E-state index in [1.54, 1.807) is 25.6 Å². The van der Waals surface area contributed by atoms with Crippen molar-refractivity contribution in [2.24, 2.45) is 0 Å². The van der Waals surface area contributed by atoms with Crippen LogP contribution < -0.4 is 14.8 Å². The Balaban J connectivity index is 2.47. The summed E-state index contributed by atoms with van der Waals surface area (Å²) in [6, 6.07) is 5.94. The van der Waals surface area contributed by atoms with E-state index in [4.69, 9.17) is 14.5 Å². The lowest BCUT2D eigenvalue weighted by Crippen LogP contribution is -2.22. The normalized spacial score (nSPS) is 12.2. The van der Waals surface area contributed by atoms with Crippen molar-refractivity contribution in [3.8, 4) is 11.5 Å². The Morgan fingerprint density at radius 2 is 2.00 bits per heavy atom. The van der Waals surface area contributed by atoms with E-state index in [0.717, 1.165) is 34.3 Å². The third kappa shape index (κ3) is 3.36. The molecule has 0 amide bonds. The van der Waals surface area contributed by atoms with Crippen LogP contribution in [0.5, 0.6) is 11.5 Å². The number of aromatic nitrogens is 1. The number of methoxy groups -OCH3 is 2. The minimum absolute atomic E-state index is 0.0354. The first-order valence-corrected chi connectivity index (χ1v) is 7.81. The van der Waals surface area contributed by atoms with E-state index in [1.165, 1.54) is 4.88 Å². The van der Waals surface area contributed by atoms with Gasteiger partial charge in [-0.1, -0.05) is 6.92 Å². The number of thiazole rings is 1. The highest BCUT2D eigenvalue weighted by Crippen LogP contribution is 2.35. The number of hydrogen-bond donors (Lipinski definition) is 1. The molecule has 2 rings (SSSR count). The molecule has 0 aliphatic rings. The fourth-order valence-corrected chi connectivity index (χ4v) is 3.23. The van der Waals surface area contributed by atoms with Crippen molar-refractivity contribution in [1.29, 1.82) is 0 Å². The molecule has 1 atom stereocenters. The van der Waals surface area contributed by atoms with Crippen LogP contribution in [0.1, 0.15) is 34.1 Å². The van der Waals surface area contributed by atoms with Crippen LogP contribution >= 0.6 is 11.3 Å². The minimum Gasteiger partial charge on any atom is -0.497 e. The second kappa shape index (κ2) is 6.91. The third-order valence-corrected chi connectivity index (χ3v) is 4.59. The van der Waals surface area contributed by atoms with Crippen molar-refractivity contribution in [1.82, 2.24) is 10.3 Å². The summed E-state index contributed by atoms with van der Waals surface area (Å²) in [6.07, 6.45) is 0. The van der Waals surface area contributed by atoms with E-state index in [1.807, 2.05) is 25.1 Å². The van der Waals surface area contributed by atoms with Crippen LogP contribution in [-0.4, -0.2) is 25.7 Å². The highest BCUT2D eigenvalue weighted by Gasteiger charge is 2.21. The van der Waals surface area contributed by atoms with Crippen LogP contribution in [-0.2, 0) is 0 Å². The van der Waals surface area contributed by atoms with Gasteiger partial charge >= 0.3 is 0 Å². The number of rotatable bonds is 6. The topological polar surface area (TPSA) is 43.4 Å². The number of nitrogens with one attached hydrogen (secondary N) is 1. The molecule has 1 unspecified atom stereocenters. The summed E-state index contributed by atoms with van der Waals surface area (Å²) in [6.45, 7) is 7.10. The summed E-state index contributed by atoms with van der Waals surface area (Å²) in [5.74, 6) is 1.60. The summed E-state index contributed by atoms with van der Waals surface area (Å²) >= 11 is 1.73. The first-order chi connectivity index (χ1) is 10.1. The Bertz CT molecular complexity index is 591. The molecule has 0 bridgehead atoms. The molecule has 0 aliphatic heterocycles. The lowest BCUT2D eigenvalue weighted by molar-refractivity contribution is 0.387. The van der Waals surface area contributed by atoms with Crippen molar-refractivity contribution >= 4 is 11.3 Å². The van der Waals surface area contributed by atoms with E-state index in [2.05, 4.69) is 19.2 Å². The molecular weight excluding hydrogens is 284 g/mol. The Morgan fingerprint density at radius 1 is 1.24 bits per heavy atom. The van der Waals surface area contributed by atoms with Crippen LogP contribution in [0.25, 0.3) is 0 Å². The van der Waals surface area contributed by atoms with Crippen molar-refractivity contribution < 1.29 is 9.47 Å². The first kappa shape index (κ1) is 15.8. The molecule has 0 aliphatic carbocycles. The molecule has 1 aromatic heterocycles. The lowest BCUT2D eigenvalue weighted by atomic mass is 10.1. The first-order valence-electron chi connectivity index (χ1n) is 6.99. The largest absolute Gasteiger partial charge is 0.497 e. The van der Waals surface area contributed by atoms with E-state index in [-0.39, 0.29) is 6.04 Å². The Hall–Kier alpha value is -1.59. The molecule has 1 heterocycles. The van der Waals surface area contributed by atoms with Crippen LogP contribution in [0.3, 0.4) is 0 Å². The molecule has 0 spiro atoms. The average molecular weight is 306 g/mol. The summed E-state index contributed by atoms with van der Waals surface area (Å²) in [7, 11) is 3.34. The van der Waals surface area contributed by atoms with Crippen molar-refractivity contribution in [2.45, 2.75) is 26.8 Å². The molecule has 114 valence electrons. The summed E-state index contributed by atoms with van der Waals surface area (Å²) in [4.78, 5) is 5.94. The Kier molecular flexibility index (Phi) is 5.20. The van der Waals surface area contributed by atoms with E-state index < -0.39 is 0 Å². The van der Waals surface area contributed by atoms with Gasteiger partial charge in [-0.25, -0.2) is 4.98 Å². The van der Waals surface area contributed by atoms with Crippen LogP contribution in [0.15, 0.2) is 18.2 Å². The third-order valence-electron chi connectivity index (χ3n) is 3.45. The fourth-order valence-electron chi connectivity index (χ4n) is 2.21. The molecule has 2 aromatic rings. The molecule has 0 radical (unpaired) electrons. The van der Waals surface area contributed by atoms with Gasteiger partial charge in [0.25, 0.3) is 0 Å². The van der Waals surface area contributed by atoms with E-state index >= 15 is 0 Å². The zero-order valence-corrected chi connectivity index (χ0v) is 14.0. The highest BCUT2D eigenvalue weighted by molar-refractivity contribution is 7.11. The van der Waals surface area contributed by atoms with Gasteiger partial charge in [-0.2, -0.15) is 0 Å². The van der Waals surface area contributed by atoms with Gasteiger partial charge in [-0.15, -0.1) is 11.3 Å². The minimum atomic E-state index is 0.0354. The second-order valence-corrected chi connectivity index (χ2v) is 6.03. The maximum absolute atomic E-state index is 5.53. The lowest BCUT2D eigenvalue weighted by Gasteiger charge is -2.19. The summed E-state index contributed by atoms with van der Waals surface area (Å²) < 4.78 is 10.8. The van der Waals surface area contributed by atoms with Gasteiger partial charge in [-0.05, 0) is 32.5 Å². The molecular formula is C16H22N2O2S. The molecule has 4 nitrogen and oxygen atoms in total. The zero-order valence-electron chi connectivity index (χ0n) is 13.2. The van der Waals surface area contributed by atoms with Crippen molar-refractivity contribution in [3.63, 3.8) is 0 Å². The summed E-state index contributed by atoms with van der Waals surface area (Å²) in [5, 5.41) is 4.56. The van der Waals surface area contributed by atoms with Crippen LogP contribution in [0.4, 0.5) is 0 Å². The number of benzene rings is 1. The van der Waals surface area contributed by atoms with Gasteiger partial charge < -0.3 is 14.8 Å². The number of nitrogens with zero attached hydrogens (tertiary/aromatic N) is 1. The number of ether oxygens (including phenoxy) is 2. The van der Waals surface area contributed by atoms with Crippen LogP contribution in [0, 0.1) is 13.8 Å². The predicted octanol–water partition coefficient (Wildman–Crippen LogP) is 3.48. The van der Waals surface area contributed by atoms with Gasteiger partial charge in [0.2, 0.25) is 0 Å². The van der Waals surface area contributed by atoms with Gasteiger partial charge in [-0.3, -0.25) is 0 Å². The van der Waals surface area contributed by atoms with Crippen LogP contribution in [0.2, 0.25) is 0 Å². The monoisotopic (exact) mass is 306 g/mol. The quantitative estimate of drug-likeness (QED) is 0.887. The molecule has 1 N–H and O–H groups in total. The summed E-state index contributed by atoms with van der Waals surface area (Å²) in [5.41, 5.74) is 2.17.